The van der Waals surface area contributed by atoms with Crippen molar-refractivity contribution in [2.45, 2.75) is 51.9 Å². The number of halogens is 3. The molecule has 33 heavy (non-hydrogen) atoms. The molecular formula is C28H27F3O2. The lowest BCUT2D eigenvalue weighted by Gasteiger charge is -2.27. The van der Waals surface area contributed by atoms with Gasteiger partial charge in [0, 0.05) is 0 Å². The molecule has 0 N–H and O–H groups in total. The summed E-state index contributed by atoms with van der Waals surface area (Å²) in [5.74, 6) is -2.96. The Hall–Kier alpha value is -3.08. The summed E-state index contributed by atoms with van der Waals surface area (Å²) in [6.07, 6.45) is 4.25. The Morgan fingerprint density at radius 3 is 2.18 bits per heavy atom. The summed E-state index contributed by atoms with van der Waals surface area (Å²) in [6.45, 7) is 4.06. The number of aryl methyl sites for hydroxylation is 1. The van der Waals surface area contributed by atoms with E-state index in [0.717, 1.165) is 31.2 Å². The highest BCUT2D eigenvalue weighted by molar-refractivity contribution is 5.91. The summed E-state index contributed by atoms with van der Waals surface area (Å²) in [4.78, 5) is 12.5. The second-order valence-electron chi connectivity index (χ2n) is 8.86. The van der Waals surface area contributed by atoms with E-state index in [1.807, 2.05) is 13.0 Å². The third-order valence-corrected chi connectivity index (χ3v) is 6.62. The molecule has 0 amide bonds. The Balaban J connectivity index is 1.48. The van der Waals surface area contributed by atoms with Crippen molar-refractivity contribution < 1.29 is 22.7 Å². The van der Waals surface area contributed by atoms with Crippen molar-refractivity contribution in [3.63, 3.8) is 0 Å². The van der Waals surface area contributed by atoms with Gasteiger partial charge in [-0.3, -0.25) is 0 Å². The molecule has 0 aliphatic heterocycles. The van der Waals surface area contributed by atoms with Gasteiger partial charge in [-0.05, 0) is 77.6 Å². The zero-order valence-corrected chi connectivity index (χ0v) is 18.8. The lowest BCUT2D eigenvalue weighted by Crippen LogP contribution is -2.14. The summed E-state index contributed by atoms with van der Waals surface area (Å²) in [5, 5.41) is 0. The van der Waals surface area contributed by atoms with Crippen LogP contribution in [0.3, 0.4) is 0 Å². The van der Waals surface area contributed by atoms with E-state index in [9.17, 15) is 18.0 Å². The molecule has 0 atom stereocenters. The van der Waals surface area contributed by atoms with Crippen molar-refractivity contribution in [1.82, 2.24) is 0 Å². The van der Waals surface area contributed by atoms with E-state index in [1.165, 1.54) is 30.3 Å². The minimum absolute atomic E-state index is 0.00998. The Morgan fingerprint density at radius 1 is 0.879 bits per heavy atom. The molecule has 0 heterocycles. The Morgan fingerprint density at radius 2 is 1.55 bits per heavy atom. The molecule has 2 nitrogen and oxygen atoms in total. The Labute approximate surface area is 192 Å². The molecule has 0 aromatic heterocycles. The van der Waals surface area contributed by atoms with Gasteiger partial charge in [0.05, 0.1) is 5.56 Å². The highest BCUT2D eigenvalue weighted by Crippen LogP contribution is 2.38. The summed E-state index contributed by atoms with van der Waals surface area (Å²) in [5.41, 5.74) is 2.60. The van der Waals surface area contributed by atoms with E-state index in [-0.39, 0.29) is 17.3 Å². The molecule has 3 aromatic rings. The van der Waals surface area contributed by atoms with Crippen LogP contribution in [0.2, 0.25) is 0 Å². The number of ether oxygens (including phenoxy) is 1. The lowest BCUT2D eigenvalue weighted by molar-refractivity contribution is 0.0726. The van der Waals surface area contributed by atoms with Crippen LogP contribution in [0, 0.1) is 23.4 Å². The topological polar surface area (TPSA) is 26.3 Å². The van der Waals surface area contributed by atoms with Crippen molar-refractivity contribution in [2.75, 3.05) is 0 Å². The van der Waals surface area contributed by atoms with Crippen LogP contribution < -0.4 is 4.74 Å². The number of benzene rings is 3. The first-order chi connectivity index (χ1) is 15.9. The molecule has 1 aliphatic carbocycles. The van der Waals surface area contributed by atoms with Gasteiger partial charge in [0.15, 0.2) is 11.6 Å². The minimum atomic E-state index is -1.14. The number of carbonyl (C=O) groups excluding carboxylic acids is 1. The van der Waals surface area contributed by atoms with Crippen LogP contribution in [0.4, 0.5) is 13.2 Å². The first-order valence-electron chi connectivity index (χ1n) is 11.5. The van der Waals surface area contributed by atoms with Crippen LogP contribution in [0.15, 0.2) is 54.6 Å². The molecular weight excluding hydrogens is 425 g/mol. The van der Waals surface area contributed by atoms with Crippen molar-refractivity contribution in [3.8, 4) is 16.9 Å². The lowest BCUT2D eigenvalue weighted by atomic mass is 9.79. The van der Waals surface area contributed by atoms with E-state index < -0.39 is 23.4 Å². The van der Waals surface area contributed by atoms with Crippen molar-refractivity contribution in [2.24, 2.45) is 5.92 Å². The number of rotatable bonds is 5. The van der Waals surface area contributed by atoms with Gasteiger partial charge < -0.3 is 4.74 Å². The van der Waals surface area contributed by atoms with Gasteiger partial charge in [0.1, 0.15) is 5.82 Å². The average Bonchev–Trinajstić information content (AvgIpc) is 2.83. The average molecular weight is 453 g/mol. The normalized spacial score (nSPS) is 18.2. The number of hydrogen-bond acceptors (Lipinski definition) is 2. The predicted octanol–water partition coefficient (Wildman–Crippen LogP) is 7.85. The second-order valence-corrected chi connectivity index (χ2v) is 8.86. The van der Waals surface area contributed by atoms with Crippen molar-refractivity contribution >= 4 is 5.97 Å². The van der Waals surface area contributed by atoms with Gasteiger partial charge in [-0.25, -0.2) is 13.6 Å². The van der Waals surface area contributed by atoms with Crippen LogP contribution in [0.1, 0.15) is 66.9 Å². The minimum Gasteiger partial charge on any atom is -0.420 e. The maximum Gasteiger partial charge on any atom is 0.343 e. The fourth-order valence-electron chi connectivity index (χ4n) is 4.48. The first-order valence-corrected chi connectivity index (χ1v) is 11.5. The summed E-state index contributed by atoms with van der Waals surface area (Å²) in [7, 11) is 0. The standard InChI is InChI=1S/C28H27F3O2/c1-3-18-8-13-22(16-24(18)29)19-9-11-21(12-10-19)28(32)33-25-15-14-23(26(30)27(25)31)20-6-4-17(2)5-7-20/h8-17,20H,3-7H2,1-2H3. The monoisotopic (exact) mass is 452 g/mol. The van der Waals surface area contributed by atoms with Crippen LogP contribution in [0.5, 0.6) is 5.75 Å². The molecule has 1 saturated carbocycles. The summed E-state index contributed by atoms with van der Waals surface area (Å²) in [6, 6.07) is 14.3. The molecule has 0 saturated heterocycles. The molecule has 4 rings (SSSR count). The zero-order chi connectivity index (χ0) is 23.5. The van der Waals surface area contributed by atoms with Crippen LogP contribution in [-0.4, -0.2) is 5.97 Å². The van der Waals surface area contributed by atoms with Gasteiger partial charge >= 0.3 is 5.97 Å². The van der Waals surface area contributed by atoms with Gasteiger partial charge in [-0.1, -0.05) is 57.0 Å². The van der Waals surface area contributed by atoms with Gasteiger partial charge in [-0.15, -0.1) is 0 Å². The molecule has 0 bridgehead atoms. The van der Waals surface area contributed by atoms with Gasteiger partial charge in [0.2, 0.25) is 5.82 Å². The molecule has 0 radical (unpaired) electrons. The van der Waals surface area contributed by atoms with Crippen LogP contribution >= 0.6 is 0 Å². The molecule has 1 fully saturated rings. The van der Waals surface area contributed by atoms with E-state index in [0.29, 0.717) is 29.0 Å². The van der Waals surface area contributed by atoms with Crippen molar-refractivity contribution in [1.29, 1.82) is 0 Å². The Bertz CT molecular complexity index is 1150. The fourth-order valence-corrected chi connectivity index (χ4v) is 4.48. The SMILES string of the molecule is CCc1ccc(-c2ccc(C(=O)Oc3ccc(C4CCC(C)CC4)c(F)c3F)cc2)cc1F. The molecule has 0 unspecified atom stereocenters. The third kappa shape index (κ3) is 4.97. The molecule has 1 aliphatic rings. The maximum atomic E-state index is 14.7. The summed E-state index contributed by atoms with van der Waals surface area (Å²) < 4.78 is 48.6. The van der Waals surface area contributed by atoms with Crippen LogP contribution in [-0.2, 0) is 6.42 Å². The first kappa shape index (κ1) is 23.1. The van der Waals surface area contributed by atoms with E-state index in [2.05, 4.69) is 6.92 Å². The molecule has 0 spiro atoms. The quantitative estimate of drug-likeness (QED) is 0.291. The highest BCUT2D eigenvalue weighted by atomic mass is 19.2. The molecule has 3 aromatic carbocycles. The highest BCUT2D eigenvalue weighted by Gasteiger charge is 2.26. The van der Waals surface area contributed by atoms with E-state index in [1.54, 1.807) is 18.2 Å². The fraction of sp³-hybridized carbons (Fsp3) is 0.321. The van der Waals surface area contributed by atoms with E-state index >= 15 is 0 Å². The summed E-state index contributed by atoms with van der Waals surface area (Å²) >= 11 is 0. The predicted molar refractivity (Wildman–Crippen MR) is 123 cm³/mol. The number of esters is 1. The molecule has 5 heteroatoms. The van der Waals surface area contributed by atoms with Crippen LogP contribution in [0.25, 0.3) is 11.1 Å². The number of hydrogen-bond donors (Lipinski definition) is 0. The Kier molecular flexibility index (Phi) is 6.87. The smallest absolute Gasteiger partial charge is 0.343 e. The van der Waals surface area contributed by atoms with Crippen molar-refractivity contribution in [3.05, 3.63) is 88.7 Å². The number of carbonyl (C=O) groups is 1. The van der Waals surface area contributed by atoms with E-state index in [4.69, 9.17) is 4.74 Å². The second kappa shape index (κ2) is 9.82. The zero-order valence-electron chi connectivity index (χ0n) is 18.8. The maximum absolute atomic E-state index is 14.7. The molecule has 172 valence electrons. The third-order valence-electron chi connectivity index (χ3n) is 6.62. The van der Waals surface area contributed by atoms with Gasteiger partial charge in [0.25, 0.3) is 0 Å². The largest absolute Gasteiger partial charge is 0.420 e. The van der Waals surface area contributed by atoms with Gasteiger partial charge in [-0.2, -0.15) is 4.39 Å².